The van der Waals surface area contributed by atoms with E-state index in [0.717, 1.165) is 4.90 Å². The van der Waals surface area contributed by atoms with Gasteiger partial charge in [-0.15, -0.1) is 0 Å². The molecular formula is C34H32Cl2F3N3O5. The molecule has 3 aromatic rings. The number of carbonyl (C=O) groups is 4. The van der Waals surface area contributed by atoms with Gasteiger partial charge >= 0.3 is 6.18 Å². The van der Waals surface area contributed by atoms with E-state index >= 15 is 0 Å². The van der Waals surface area contributed by atoms with Gasteiger partial charge in [0.2, 0.25) is 11.8 Å². The summed E-state index contributed by atoms with van der Waals surface area (Å²) in [6.45, 7) is 4.13. The van der Waals surface area contributed by atoms with Crippen molar-refractivity contribution in [2.75, 3.05) is 6.54 Å². The van der Waals surface area contributed by atoms with E-state index in [-0.39, 0.29) is 18.2 Å². The highest BCUT2D eigenvalue weighted by Crippen LogP contribution is 2.32. The van der Waals surface area contributed by atoms with Crippen LogP contribution in [0.5, 0.6) is 5.75 Å². The molecule has 1 N–H and O–H groups in total. The molecule has 0 aromatic heterocycles. The Morgan fingerprint density at radius 1 is 0.936 bits per heavy atom. The van der Waals surface area contributed by atoms with Crippen LogP contribution in [0.2, 0.25) is 10.0 Å². The van der Waals surface area contributed by atoms with Gasteiger partial charge in [-0.1, -0.05) is 79.5 Å². The van der Waals surface area contributed by atoms with Gasteiger partial charge in [0.25, 0.3) is 11.7 Å². The number of ketones is 1. The standard InChI is InChI=1S/C34H32Cl2F3N3O5/c1-20(2)31-33(46)42(18-30(44)40-28(32(45)34(37,38)39)14-22-8-5-4-6-9-22)29(17-41(31)21(3)43)24-10-7-11-27(15-24)47-19-23-12-25(35)16-26(36)13-23/h4-13,15-17,20,28,31H,14,18-19H2,1-3H3,(H,40,44)/t28?,31-/m1/s1. The number of nitrogens with one attached hydrogen (secondary N) is 1. The molecule has 1 aliphatic rings. The van der Waals surface area contributed by atoms with Crippen molar-refractivity contribution in [3.8, 4) is 5.75 Å². The number of alkyl halides is 3. The van der Waals surface area contributed by atoms with Gasteiger partial charge in [0.15, 0.2) is 0 Å². The minimum atomic E-state index is -5.21. The number of nitrogens with zero attached hydrogens (tertiary/aromatic N) is 2. The quantitative estimate of drug-likeness (QED) is 0.250. The molecule has 13 heteroatoms. The van der Waals surface area contributed by atoms with Crippen LogP contribution in [0.1, 0.15) is 37.5 Å². The van der Waals surface area contributed by atoms with E-state index in [4.69, 9.17) is 27.9 Å². The summed E-state index contributed by atoms with van der Waals surface area (Å²) in [4.78, 5) is 54.7. The lowest BCUT2D eigenvalue weighted by Crippen LogP contribution is -2.57. The molecule has 248 valence electrons. The van der Waals surface area contributed by atoms with Gasteiger partial charge in [0.05, 0.1) is 5.70 Å². The number of Topliss-reactive ketones (excluding diaryl/α,β-unsaturated/α-hetero) is 1. The first-order valence-electron chi connectivity index (χ1n) is 14.6. The van der Waals surface area contributed by atoms with E-state index in [0.29, 0.717) is 32.5 Å². The Kier molecular flexibility index (Phi) is 11.4. The Bertz CT molecular complexity index is 1660. The normalized spacial score (nSPS) is 15.7. The third-order valence-corrected chi connectivity index (χ3v) is 7.78. The van der Waals surface area contributed by atoms with Crippen molar-refractivity contribution in [3.05, 3.63) is 106 Å². The predicted molar refractivity (Wildman–Crippen MR) is 171 cm³/mol. The molecule has 1 unspecified atom stereocenters. The average Bonchev–Trinajstić information content (AvgIpc) is 2.99. The minimum absolute atomic E-state index is 0.0961. The molecule has 1 aliphatic heterocycles. The van der Waals surface area contributed by atoms with Crippen LogP contribution < -0.4 is 10.1 Å². The van der Waals surface area contributed by atoms with Gasteiger partial charge in [0, 0.05) is 35.2 Å². The summed E-state index contributed by atoms with van der Waals surface area (Å²) < 4.78 is 46.5. The number of amides is 3. The third kappa shape index (κ3) is 9.14. The van der Waals surface area contributed by atoms with Crippen LogP contribution in [-0.4, -0.2) is 58.1 Å². The average molecular weight is 691 g/mol. The van der Waals surface area contributed by atoms with Crippen molar-refractivity contribution in [2.24, 2.45) is 5.92 Å². The van der Waals surface area contributed by atoms with Crippen LogP contribution in [0, 0.1) is 5.92 Å². The first kappa shape index (κ1) is 35.5. The number of ether oxygens (including phenoxy) is 1. The first-order chi connectivity index (χ1) is 22.1. The summed E-state index contributed by atoms with van der Waals surface area (Å²) in [6, 6.07) is 16.5. The highest BCUT2D eigenvalue weighted by molar-refractivity contribution is 6.34. The molecule has 47 heavy (non-hydrogen) atoms. The lowest BCUT2D eigenvalue weighted by atomic mass is 9.97. The summed E-state index contributed by atoms with van der Waals surface area (Å²) in [7, 11) is 0. The molecule has 0 spiro atoms. The van der Waals surface area contributed by atoms with Crippen LogP contribution in [0.25, 0.3) is 5.70 Å². The number of rotatable bonds is 11. The van der Waals surface area contributed by atoms with Crippen molar-refractivity contribution >= 4 is 52.4 Å². The maximum Gasteiger partial charge on any atom is 0.452 e. The third-order valence-electron chi connectivity index (χ3n) is 7.34. The highest BCUT2D eigenvalue weighted by atomic mass is 35.5. The fraction of sp³-hybridized carbons (Fsp3) is 0.294. The summed E-state index contributed by atoms with van der Waals surface area (Å²) in [5.41, 5.74) is 1.61. The van der Waals surface area contributed by atoms with Crippen LogP contribution >= 0.6 is 23.2 Å². The zero-order valence-electron chi connectivity index (χ0n) is 25.7. The topological polar surface area (TPSA) is 96.0 Å². The Morgan fingerprint density at radius 2 is 1.60 bits per heavy atom. The molecule has 3 amide bonds. The fourth-order valence-corrected chi connectivity index (χ4v) is 5.78. The fourth-order valence-electron chi connectivity index (χ4n) is 5.21. The van der Waals surface area contributed by atoms with Gasteiger partial charge in [-0.25, -0.2) is 0 Å². The molecule has 0 aliphatic carbocycles. The lowest BCUT2D eigenvalue weighted by molar-refractivity contribution is -0.173. The molecule has 0 fully saturated rings. The second-order valence-corrected chi connectivity index (χ2v) is 12.2. The van der Waals surface area contributed by atoms with Crippen LogP contribution in [0.3, 0.4) is 0 Å². The van der Waals surface area contributed by atoms with E-state index in [1.165, 1.54) is 30.2 Å². The second-order valence-electron chi connectivity index (χ2n) is 11.3. The monoisotopic (exact) mass is 689 g/mol. The molecule has 0 bridgehead atoms. The van der Waals surface area contributed by atoms with Gasteiger partial charge in [-0.2, -0.15) is 13.2 Å². The number of benzene rings is 3. The number of hydrogen-bond donors (Lipinski definition) is 1. The first-order valence-corrected chi connectivity index (χ1v) is 15.3. The second kappa shape index (κ2) is 15.0. The minimum Gasteiger partial charge on any atom is -0.489 e. The summed E-state index contributed by atoms with van der Waals surface area (Å²) in [5, 5.41) is 3.05. The van der Waals surface area contributed by atoms with Gasteiger partial charge < -0.3 is 15.0 Å². The number of hydrogen-bond acceptors (Lipinski definition) is 5. The van der Waals surface area contributed by atoms with Crippen molar-refractivity contribution in [3.63, 3.8) is 0 Å². The Morgan fingerprint density at radius 3 is 2.19 bits per heavy atom. The summed E-state index contributed by atoms with van der Waals surface area (Å²) >= 11 is 12.2. The van der Waals surface area contributed by atoms with Crippen LogP contribution in [0.15, 0.2) is 79.0 Å². The number of halogens is 5. The summed E-state index contributed by atoms with van der Waals surface area (Å²) in [6.07, 6.45) is -4.19. The molecule has 0 radical (unpaired) electrons. The molecule has 3 aromatic carbocycles. The maximum absolute atomic E-state index is 13.9. The smallest absolute Gasteiger partial charge is 0.452 e. The van der Waals surface area contributed by atoms with Gasteiger partial charge in [0.1, 0.15) is 31.0 Å². The largest absolute Gasteiger partial charge is 0.489 e. The van der Waals surface area contributed by atoms with Crippen molar-refractivity contribution in [2.45, 2.75) is 52.1 Å². The van der Waals surface area contributed by atoms with E-state index in [1.54, 1.807) is 74.5 Å². The van der Waals surface area contributed by atoms with Crippen molar-refractivity contribution in [1.29, 1.82) is 0 Å². The van der Waals surface area contributed by atoms with Crippen molar-refractivity contribution < 1.29 is 37.1 Å². The SMILES string of the molecule is CC(=O)N1C=C(c2cccc(OCc3cc(Cl)cc(Cl)c3)c2)N(CC(=O)NC(Cc2ccccc2)C(=O)C(F)(F)F)C(=O)[C@H]1C(C)C. The molecule has 4 rings (SSSR count). The number of carbonyl (C=O) groups excluding carboxylic acids is 4. The van der Waals surface area contributed by atoms with Gasteiger partial charge in [-0.05, 0) is 47.4 Å². The van der Waals surface area contributed by atoms with E-state index < -0.39 is 54.7 Å². The molecule has 2 atom stereocenters. The predicted octanol–water partition coefficient (Wildman–Crippen LogP) is 6.45. The zero-order valence-corrected chi connectivity index (χ0v) is 27.2. The van der Waals surface area contributed by atoms with Gasteiger partial charge in [-0.3, -0.25) is 24.1 Å². The van der Waals surface area contributed by atoms with Crippen LogP contribution in [-0.2, 0) is 32.2 Å². The van der Waals surface area contributed by atoms with Crippen LogP contribution in [0.4, 0.5) is 13.2 Å². The molecule has 1 heterocycles. The maximum atomic E-state index is 13.9. The highest BCUT2D eigenvalue weighted by Gasteiger charge is 2.45. The van der Waals surface area contributed by atoms with E-state index in [2.05, 4.69) is 5.32 Å². The zero-order chi connectivity index (χ0) is 34.5. The molecule has 0 saturated carbocycles. The van der Waals surface area contributed by atoms with E-state index in [1.807, 2.05) is 0 Å². The lowest BCUT2D eigenvalue weighted by Gasteiger charge is -2.40. The van der Waals surface area contributed by atoms with Crippen molar-refractivity contribution in [1.82, 2.24) is 15.1 Å². The Labute approximate surface area is 280 Å². The Balaban J connectivity index is 1.66. The molecular weight excluding hydrogens is 658 g/mol. The molecule has 8 nitrogen and oxygen atoms in total. The summed E-state index contributed by atoms with van der Waals surface area (Å²) in [5.74, 6) is -4.18. The Hall–Kier alpha value is -4.35. The molecule has 0 saturated heterocycles. The van der Waals surface area contributed by atoms with E-state index in [9.17, 15) is 32.3 Å².